The molecule has 1 aliphatic carbocycles. The highest BCUT2D eigenvalue weighted by atomic mass is 35.5. The third-order valence-electron chi connectivity index (χ3n) is 4.78. The lowest BCUT2D eigenvalue weighted by Crippen LogP contribution is -2.46. The molecule has 1 aromatic carbocycles. The summed E-state index contributed by atoms with van der Waals surface area (Å²) in [5.74, 6) is -0.560. The van der Waals surface area contributed by atoms with Crippen molar-refractivity contribution >= 4 is 33.3 Å². The van der Waals surface area contributed by atoms with Crippen LogP contribution in [-0.2, 0) is 10.0 Å². The maximum absolute atomic E-state index is 12.9. The summed E-state index contributed by atoms with van der Waals surface area (Å²) in [6.07, 6.45) is 3.77. The van der Waals surface area contributed by atoms with Crippen molar-refractivity contribution in [3.05, 3.63) is 28.8 Å². The van der Waals surface area contributed by atoms with Crippen LogP contribution in [0.2, 0.25) is 5.02 Å². The molecule has 3 rings (SSSR count). The third-order valence-corrected chi connectivity index (χ3v) is 7.18. The first kappa shape index (κ1) is 19.9. The Morgan fingerprint density at radius 2 is 2.04 bits per heavy atom. The van der Waals surface area contributed by atoms with Crippen molar-refractivity contribution in [1.29, 1.82) is 0 Å². The number of rotatable bonds is 4. The molecule has 0 spiro atoms. The van der Waals surface area contributed by atoms with Crippen molar-refractivity contribution in [2.24, 2.45) is 0 Å². The molecule has 0 saturated carbocycles. The van der Waals surface area contributed by atoms with Crippen molar-refractivity contribution < 1.29 is 18.3 Å². The first-order chi connectivity index (χ1) is 12.8. The van der Waals surface area contributed by atoms with E-state index in [1.165, 1.54) is 16.4 Å². The van der Waals surface area contributed by atoms with Gasteiger partial charge in [-0.2, -0.15) is 4.31 Å². The number of aromatic hydroxyl groups is 1. The van der Waals surface area contributed by atoms with Gasteiger partial charge in [0, 0.05) is 26.2 Å². The molecule has 4 N–H and O–H groups in total. The number of carbonyl (C=O) groups is 1. The van der Waals surface area contributed by atoms with E-state index >= 15 is 0 Å². The van der Waals surface area contributed by atoms with Crippen LogP contribution in [0.15, 0.2) is 28.7 Å². The SMILES string of the molecule is CC1=CCCC1NC(=O)Nc1ccc(Cl)c(S(=O)(=O)N2CCNCC2)c1O. The van der Waals surface area contributed by atoms with Crippen LogP contribution in [0, 0.1) is 0 Å². The zero-order valence-corrected chi connectivity index (χ0v) is 16.5. The minimum Gasteiger partial charge on any atom is -0.504 e. The lowest BCUT2D eigenvalue weighted by atomic mass is 10.2. The second kappa shape index (κ2) is 8.05. The average Bonchev–Trinajstić information content (AvgIpc) is 3.03. The summed E-state index contributed by atoms with van der Waals surface area (Å²) in [6.45, 7) is 3.54. The molecule has 148 valence electrons. The summed E-state index contributed by atoms with van der Waals surface area (Å²) >= 11 is 6.08. The lowest BCUT2D eigenvalue weighted by Gasteiger charge is -2.27. The van der Waals surface area contributed by atoms with Gasteiger partial charge < -0.3 is 21.1 Å². The number of hydrogen-bond donors (Lipinski definition) is 4. The van der Waals surface area contributed by atoms with E-state index in [-0.39, 0.29) is 34.7 Å². The molecular weight excluding hydrogens is 392 g/mol. The minimum atomic E-state index is -3.98. The van der Waals surface area contributed by atoms with Gasteiger partial charge in [0.05, 0.1) is 16.8 Å². The number of amides is 2. The summed E-state index contributed by atoms with van der Waals surface area (Å²) in [6, 6.07) is 2.15. The van der Waals surface area contributed by atoms with Gasteiger partial charge in [-0.3, -0.25) is 0 Å². The Kier molecular flexibility index (Phi) is 5.95. The Balaban J connectivity index is 1.83. The number of benzene rings is 1. The fourth-order valence-corrected chi connectivity index (χ4v) is 5.29. The molecule has 0 radical (unpaired) electrons. The van der Waals surface area contributed by atoms with E-state index in [9.17, 15) is 18.3 Å². The number of piperazine rings is 1. The van der Waals surface area contributed by atoms with Gasteiger partial charge in [-0.25, -0.2) is 13.2 Å². The van der Waals surface area contributed by atoms with Crippen molar-refractivity contribution in [2.75, 3.05) is 31.5 Å². The van der Waals surface area contributed by atoms with Crippen LogP contribution in [0.25, 0.3) is 0 Å². The predicted octanol–water partition coefficient (Wildman–Crippen LogP) is 1.87. The second-order valence-corrected chi connectivity index (χ2v) is 8.89. The van der Waals surface area contributed by atoms with Crippen LogP contribution < -0.4 is 16.0 Å². The Bertz CT molecular complexity index is 866. The number of phenolic OH excluding ortho intramolecular Hbond substituents is 1. The number of nitrogens with zero attached hydrogens (tertiary/aromatic N) is 1. The highest BCUT2D eigenvalue weighted by Crippen LogP contribution is 2.38. The largest absolute Gasteiger partial charge is 0.504 e. The molecule has 1 fully saturated rings. The summed E-state index contributed by atoms with van der Waals surface area (Å²) in [4.78, 5) is 11.9. The number of sulfonamides is 1. The number of carbonyl (C=O) groups excluding carboxylic acids is 1. The number of nitrogens with one attached hydrogen (secondary N) is 3. The highest BCUT2D eigenvalue weighted by Gasteiger charge is 2.32. The van der Waals surface area contributed by atoms with Gasteiger partial charge in [-0.05, 0) is 31.9 Å². The van der Waals surface area contributed by atoms with Gasteiger partial charge in [0.15, 0.2) is 5.75 Å². The van der Waals surface area contributed by atoms with Crippen LogP contribution in [0.1, 0.15) is 19.8 Å². The van der Waals surface area contributed by atoms with Crippen molar-refractivity contribution in [3.8, 4) is 5.75 Å². The first-order valence-corrected chi connectivity index (χ1v) is 10.6. The topological polar surface area (TPSA) is 111 Å². The van der Waals surface area contributed by atoms with E-state index < -0.39 is 21.8 Å². The molecule has 0 bridgehead atoms. The Morgan fingerprint density at radius 1 is 1.33 bits per heavy atom. The predicted molar refractivity (Wildman–Crippen MR) is 104 cm³/mol. The molecule has 2 amide bonds. The Labute approximate surface area is 163 Å². The smallest absolute Gasteiger partial charge is 0.319 e. The summed E-state index contributed by atoms with van der Waals surface area (Å²) in [5, 5.41) is 18.8. The van der Waals surface area contributed by atoms with Crippen LogP contribution in [0.3, 0.4) is 0 Å². The number of anilines is 1. The molecule has 1 aromatic rings. The maximum atomic E-state index is 12.9. The summed E-state index contributed by atoms with van der Waals surface area (Å²) in [5.41, 5.74) is 1.07. The maximum Gasteiger partial charge on any atom is 0.319 e. The van der Waals surface area contributed by atoms with E-state index in [1.807, 2.05) is 6.92 Å². The number of urea groups is 1. The van der Waals surface area contributed by atoms with Gasteiger partial charge >= 0.3 is 6.03 Å². The number of phenols is 1. The standard InChI is InChI=1S/C17H23ClN4O4S/c1-11-3-2-4-13(11)20-17(24)21-14-6-5-12(18)16(15(14)23)27(25,26)22-9-7-19-8-10-22/h3,5-6,13,19,23H,2,4,7-10H2,1H3,(H2,20,21,24). The zero-order chi connectivity index (χ0) is 19.6. The fraction of sp³-hybridized carbons (Fsp3) is 0.471. The normalized spacial score (nSPS) is 21.0. The fourth-order valence-electron chi connectivity index (χ4n) is 3.26. The van der Waals surface area contributed by atoms with Crippen LogP contribution in [-0.4, -0.2) is 56.1 Å². The molecule has 10 heteroatoms. The van der Waals surface area contributed by atoms with Crippen molar-refractivity contribution in [2.45, 2.75) is 30.7 Å². The molecule has 1 saturated heterocycles. The molecule has 1 atom stereocenters. The lowest BCUT2D eigenvalue weighted by molar-refractivity contribution is 0.249. The van der Waals surface area contributed by atoms with Gasteiger partial charge in [0.2, 0.25) is 10.0 Å². The molecular formula is C17H23ClN4O4S. The van der Waals surface area contributed by atoms with Gasteiger partial charge in [-0.1, -0.05) is 23.3 Å². The van der Waals surface area contributed by atoms with Crippen LogP contribution in [0.4, 0.5) is 10.5 Å². The first-order valence-electron chi connectivity index (χ1n) is 8.77. The van der Waals surface area contributed by atoms with E-state index in [1.54, 1.807) is 0 Å². The number of allylic oxidation sites excluding steroid dienone is 1. The van der Waals surface area contributed by atoms with Gasteiger partial charge in [-0.15, -0.1) is 0 Å². The molecule has 8 nitrogen and oxygen atoms in total. The quantitative estimate of drug-likeness (QED) is 0.444. The second-order valence-electron chi connectivity index (χ2n) is 6.60. The Hall–Kier alpha value is -1.81. The molecule has 1 heterocycles. The van der Waals surface area contributed by atoms with E-state index in [0.29, 0.717) is 13.1 Å². The summed E-state index contributed by atoms with van der Waals surface area (Å²) in [7, 11) is -3.98. The number of halogens is 1. The Morgan fingerprint density at radius 3 is 2.67 bits per heavy atom. The summed E-state index contributed by atoms with van der Waals surface area (Å²) < 4.78 is 27.1. The van der Waals surface area contributed by atoms with E-state index in [2.05, 4.69) is 22.0 Å². The third kappa shape index (κ3) is 4.21. The van der Waals surface area contributed by atoms with Gasteiger partial charge in [0.25, 0.3) is 0 Å². The molecule has 0 aromatic heterocycles. The molecule has 2 aliphatic rings. The van der Waals surface area contributed by atoms with E-state index in [0.717, 1.165) is 18.4 Å². The van der Waals surface area contributed by atoms with Crippen molar-refractivity contribution in [1.82, 2.24) is 14.9 Å². The van der Waals surface area contributed by atoms with E-state index in [4.69, 9.17) is 11.6 Å². The monoisotopic (exact) mass is 414 g/mol. The molecule has 1 unspecified atom stereocenters. The molecule has 1 aliphatic heterocycles. The number of hydrogen-bond acceptors (Lipinski definition) is 5. The van der Waals surface area contributed by atoms with Gasteiger partial charge in [0.1, 0.15) is 4.90 Å². The molecule has 27 heavy (non-hydrogen) atoms. The van der Waals surface area contributed by atoms with Crippen LogP contribution in [0.5, 0.6) is 5.75 Å². The highest BCUT2D eigenvalue weighted by molar-refractivity contribution is 7.89. The minimum absolute atomic E-state index is 0.00904. The van der Waals surface area contributed by atoms with Crippen LogP contribution >= 0.6 is 11.6 Å². The average molecular weight is 415 g/mol. The van der Waals surface area contributed by atoms with Crippen molar-refractivity contribution in [3.63, 3.8) is 0 Å². The zero-order valence-electron chi connectivity index (χ0n) is 15.0.